The van der Waals surface area contributed by atoms with E-state index in [1.807, 2.05) is 13.1 Å². The number of aromatic nitrogens is 2. The van der Waals surface area contributed by atoms with E-state index >= 15 is 0 Å². The van der Waals surface area contributed by atoms with Crippen LogP contribution in [0.1, 0.15) is 12.0 Å². The molecule has 1 aromatic heterocycles. The first-order valence-corrected chi connectivity index (χ1v) is 8.43. The summed E-state index contributed by atoms with van der Waals surface area (Å²) in [6.07, 6.45) is 6.02. The van der Waals surface area contributed by atoms with Gasteiger partial charge in [0.2, 0.25) is 0 Å². The minimum absolute atomic E-state index is 0. The van der Waals surface area contributed by atoms with E-state index in [1.165, 1.54) is 0 Å². The fraction of sp³-hybridized carbons (Fsp3) is 0.444. The Morgan fingerprint density at radius 2 is 2.35 bits per heavy atom. The molecule has 1 N–H and O–H groups in total. The molecule has 1 saturated heterocycles. The number of nitrogens with one attached hydrogen (secondary N) is 1. The predicted molar refractivity (Wildman–Crippen MR) is 111 cm³/mol. The van der Waals surface area contributed by atoms with Crippen molar-refractivity contribution in [1.82, 2.24) is 19.8 Å². The van der Waals surface area contributed by atoms with Gasteiger partial charge < -0.3 is 19.5 Å². The first-order valence-electron chi connectivity index (χ1n) is 8.43. The highest BCUT2D eigenvalue weighted by Crippen LogP contribution is 2.15. The molecule has 0 aliphatic carbocycles. The van der Waals surface area contributed by atoms with Crippen LogP contribution in [0.2, 0.25) is 0 Å². The maximum atomic E-state index is 14.3. The molecule has 8 heteroatoms. The zero-order valence-electron chi connectivity index (χ0n) is 15.1. The lowest BCUT2D eigenvalue weighted by atomic mass is 10.1. The number of nitrogens with zero attached hydrogens (tertiary/aromatic N) is 4. The van der Waals surface area contributed by atoms with Gasteiger partial charge in [0.15, 0.2) is 5.96 Å². The number of rotatable bonds is 5. The molecule has 1 fully saturated rings. The van der Waals surface area contributed by atoms with Crippen molar-refractivity contribution in [1.29, 1.82) is 0 Å². The quantitative estimate of drug-likeness (QED) is 0.413. The van der Waals surface area contributed by atoms with Crippen molar-refractivity contribution >= 4 is 29.9 Å². The largest absolute Gasteiger partial charge is 0.381 e. The van der Waals surface area contributed by atoms with E-state index in [9.17, 15) is 4.39 Å². The highest BCUT2D eigenvalue weighted by molar-refractivity contribution is 14.0. The second-order valence-electron chi connectivity index (χ2n) is 6.27. The fourth-order valence-electron chi connectivity index (χ4n) is 3.04. The van der Waals surface area contributed by atoms with Gasteiger partial charge in [-0.2, -0.15) is 0 Å². The van der Waals surface area contributed by atoms with E-state index in [-0.39, 0.29) is 29.8 Å². The molecule has 6 nitrogen and oxygen atoms in total. The Morgan fingerprint density at radius 3 is 2.96 bits per heavy atom. The van der Waals surface area contributed by atoms with E-state index in [2.05, 4.69) is 20.2 Å². The zero-order valence-corrected chi connectivity index (χ0v) is 17.4. The summed E-state index contributed by atoms with van der Waals surface area (Å²) in [5.74, 6) is 1.06. The number of benzene rings is 1. The van der Waals surface area contributed by atoms with Gasteiger partial charge in [0.05, 0.1) is 18.6 Å². The molecular formula is C18H25FIN5O. The van der Waals surface area contributed by atoms with Gasteiger partial charge in [-0.15, -0.1) is 24.0 Å². The Balaban J connectivity index is 0.00000243. The Bertz CT molecular complexity index is 716. The summed E-state index contributed by atoms with van der Waals surface area (Å²) in [7, 11) is 3.77. The lowest BCUT2D eigenvalue weighted by Crippen LogP contribution is -2.41. The van der Waals surface area contributed by atoms with Crippen molar-refractivity contribution in [3.8, 4) is 5.69 Å². The molecule has 142 valence electrons. The highest BCUT2D eigenvalue weighted by Gasteiger charge is 2.19. The SMILES string of the molecule is CN=C(NCc1ccc(-n2ccnc2)c(F)c1)N(C)CC1CCOC1.I. The minimum atomic E-state index is -0.274. The van der Waals surface area contributed by atoms with Crippen LogP contribution in [0.3, 0.4) is 0 Å². The molecule has 1 unspecified atom stereocenters. The van der Waals surface area contributed by atoms with Crippen LogP contribution < -0.4 is 5.32 Å². The lowest BCUT2D eigenvalue weighted by molar-refractivity contribution is 0.181. The van der Waals surface area contributed by atoms with Gasteiger partial charge in [-0.3, -0.25) is 4.99 Å². The average molecular weight is 473 g/mol. The maximum Gasteiger partial charge on any atom is 0.193 e. The minimum Gasteiger partial charge on any atom is -0.381 e. The van der Waals surface area contributed by atoms with E-state index in [0.717, 1.165) is 37.7 Å². The summed E-state index contributed by atoms with van der Waals surface area (Å²) < 4.78 is 21.4. The Labute approximate surface area is 170 Å². The first-order chi connectivity index (χ1) is 12.2. The summed E-state index contributed by atoms with van der Waals surface area (Å²) in [5.41, 5.74) is 1.35. The van der Waals surface area contributed by atoms with E-state index in [4.69, 9.17) is 4.74 Å². The molecule has 26 heavy (non-hydrogen) atoms. The van der Waals surface area contributed by atoms with Crippen LogP contribution in [0.25, 0.3) is 5.69 Å². The number of aliphatic imine (C=N–C) groups is 1. The Morgan fingerprint density at radius 1 is 1.50 bits per heavy atom. The lowest BCUT2D eigenvalue weighted by Gasteiger charge is -2.24. The molecule has 1 aromatic carbocycles. The summed E-state index contributed by atoms with van der Waals surface area (Å²) in [5, 5.41) is 3.29. The van der Waals surface area contributed by atoms with Crippen LogP contribution in [-0.4, -0.2) is 54.3 Å². The number of ether oxygens (including phenoxy) is 1. The summed E-state index contributed by atoms with van der Waals surface area (Å²) in [4.78, 5) is 10.4. The molecular weight excluding hydrogens is 448 g/mol. The second-order valence-corrected chi connectivity index (χ2v) is 6.27. The molecule has 1 aliphatic heterocycles. The molecule has 0 amide bonds. The molecule has 1 aliphatic rings. The molecule has 0 bridgehead atoms. The van der Waals surface area contributed by atoms with Gasteiger partial charge in [0.1, 0.15) is 5.82 Å². The molecule has 3 rings (SSSR count). The van der Waals surface area contributed by atoms with Crippen molar-refractivity contribution in [3.05, 3.63) is 48.3 Å². The van der Waals surface area contributed by atoms with Crippen LogP contribution in [-0.2, 0) is 11.3 Å². The van der Waals surface area contributed by atoms with Gasteiger partial charge in [-0.1, -0.05) is 6.07 Å². The van der Waals surface area contributed by atoms with Gasteiger partial charge >= 0.3 is 0 Å². The zero-order chi connectivity index (χ0) is 17.6. The number of hydrogen-bond donors (Lipinski definition) is 1. The topological polar surface area (TPSA) is 54.7 Å². The summed E-state index contributed by atoms with van der Waals surface area (Å²) in [6, 6.07) is 5.21. The summed E-state index contributed by atoms with van der Waals surface area (Å²) in [6.45, 7) is 3.06. The molecule has 2 heterocycles. The van der Waals surface area contributed by atoms with Gasteiger partial charge in [0.25, 0.3) is 0 Å². The summed E-state index contributed by atoms with van der Waals surface area (Å²) >= 11 is 0. The third kappa shape index (κ3) is 5.16. The van der Waals surface area contributed by atoms with Gasteiger partial charge in [-0.05, 0) is 24.1 Å². The molecule has 0 radical (unpaired) electrons. The highest BCUT2D eigenvalue weighted by atomic mass is 127. The monoisotopic (exact) mass is 473 g/mol. The van der Waals surface area contributed by atoms with Crippen LogP contribution >= 0.6 is 24.0 Å². The smallest absolute Gasteiger partial charge is 0.193 e. The number of hydrogen-bond acceptors (Lipinski definition) is 3. The normalized spacial score (nSPS) is 17.0. The van der Waals surface area contributed by atoms with Crippen molar-refractivity contribution < 1.29 is 9.13 Å². The van der Waals surface area contributed by atoms with Crippen LogP contribution in [0.4, 0.5) is 4.39 Å². The van der Waals surface area contributed by atoms with Crippen molar-refractivity contribution in [2.45, 2.75) is 13.0 Å². The predicted octanol–water partition coefficient (Wildman–Crippen LogP) is 2.67. The Hall–Kier alpha value is -1.68. The third-order valence-electron chi connectivity index (χ3n) is 4.37. The van der Waals surface area contributed by atoms with E-state index in [1.54, 1.807) is 42.5 Å². The molecule has 0 spiro atoms. The van der Waals surface area contributed by atoms with Crippen molar-refractivity contribution in [2.75, 3.05) is 33.9 Å². The third-order valence-corrected chi connectivity index (χ3v) is 4.37. The number of imidazole rings is 1. The first kappa shape index (κ1) is 20.6. The maximum absolute atomic E-state index is 14.3. The Kier molecular flexibility index (Phi) is 7.83. The van der Waals surface area contributed by atoms with Crippen molar-refractivity contribution in [2.24, 2.45) is 10.9 Å². The van der Waals surface area contributed by atoms with Crippen LogP contribution in [0.5, 0.6) is 0 Å². The second kappa shape index (κ2) is 9.86. The van der Waals surface area contributed by atoms with Crippen molar-refractivity contribution in [3.63, 3.8) is 0 Å². The molecule has 2 aromatic rings. The fourth-order valence-corrected chi connectivity index (χ4v) is 3.04. The van der Waals surface area contributed by atoms with E-state index < -0.39 is 0 Å². The van der Waals surface area contributed by atoms with E-state index in [0.29, 0.717) is 18.2 Å². The standard InChI is InChI=1S/C18H24FN5O.HI/c1-20-18(23(2)11-15-5-8-25-12-15)22-10-14-3-4-17(16(19)9-14)24-7-6-21-13-24;/h3-4,6-7,9,13,15H,5,8,10-12H2,1-2H3,(H,20,22);1H. The average Bonchev–Trinajstić information content (AvgIpc) is 3.29. The number of guanidine groups is 1. The molecule has 0 saturated carbocycles. The van der Waals surface area contributed by atoms with Crippen LogP contribution in [0, 0.1) is 11.7 Å². The van der Waals surface area contributed by atoms with Crippen LogP contribution in [0.15, 0.2) is 41.9 Å². The molecule has 1 atom stereocenters. The number of halogens is 2. The van der Waals surface area contributed by atoms with Gasteiger partial charge in [-0.25, -0.2) is 9.37 Å². The van der Waals surface area contributed by atoms with Gasteiger partial charge in [0, 0.05) is 52.1 Å².